The summed E-state index contributed by atoms with van der Waals surface area (Å²) in [6.07, 6.45) is 3.30. The van der Waals surface area contributed by atoms with Crippen LogP contribution in [0, 0.1) is 0 Å². The first-order valence-corrected chi connectivity index (χ1v) is 11.4. The van der Waals surface area contributed by atoms with Crippen molar-refractivity contribution >= 4 is 17.7 Å². The molecule has 162 valence electrons. The van der Waals surface area contributed by atoms with E-state index in [2.05, 4.69) is 17.1 Å². The number of nitrogens with zero attached hydrogens (tertiary/aromatic N) is 4. The zero-order valence-corrected chi connectivity index (χ0v) is 18.5. The van der Waals surface area contributed by atoms with Crippen LogP contribution in [0.2, 0.25) is 0 Å². The van der Waals surface area contributed by atoms with Crippen LogP contribution in [-0.4, -0.2) is 56.1 Å². The number of amides is 1. The van der Waals surface area contributed by atoms with Crippen LogP contribution in [0.4, 0.5) is 0 Å². The molecule has 0 saturated carbocycles. The van der Waals surface area contributed by atoms with Crippen molar-refractivity contribution < 1.29 is 14.6 Å². The highest BCUT2D eigenvalue weighted by atomic mass is 32.2. The molecule has 0 aliphatic carbocycles. The van der Waals surface area contributed by atoms with E-state index < -0.39 is 0 Å². The summed E-state index contributed by atoms with van der Waals surface area (Å²) >= 11 is 1.39. The van der Waals surface area contributed by atoms with Gasteiger partial charge in [0.25, 0.3) is 0 Å². The van der Waals surface area contributed by atoms with Crippen LogP contribution in [0.3, 0.4) is 0 Å². The SMILES string of the molecule is COc1cccc(-n2c(SCC(=O)N3CCCCC3C)nnc2-c2ccc(O)cc2)c1. The van der Waals surface area contributed by atoms with Gasteiger partial charge < -0.3 is 14.7 Å². The van der Waals surface area contributed by atoms with Crippen LogP contribution in [0.1, 0.15) is 26.2 Å². The van der Waals surface area contributed by atoms with E-state index in [-0.39, 0.29) is 17.7 Å². The standard InChI is InChI=1S/C23H26N4O3S/c1-16-6-3-4-13-26(16)21(29)15-31-23-25-24-22(17-9-11-19(28)12-10-17)27(23)18-7-5-8-20(14-18)30-2/h5,7-12,14,16,28H,3-4,6,13,15H2,1-2H3. The molecule has 2 aromatic carbocycles. The van der Waals surface area contributed by atoms with E-state index in [4.69, 9.17) is 4.74 Å². The van der Waals surface area contributed by atoms with Crippen molar-refractivity contribution in [3.05, 3.63) is 48.5 Å². The molecule has 4 rings (SSSR count). The normalized spacial score (nSPS) is 16.3. The summed E-state index contributed by atoms with van der Waals surface area (Å²) < 4.78 is 7.31. The lowest BCUT2D eigenvalue weighted by Gasteiger charge is -2.33. The van der Waals surface area contributed by atoms with Crippen molar-refractivity contribution in [2.75, 3.05) is 19.4 Å². The number of thioether (sulfide) groups is 1. The lowest BCUT2D eigenvalue weighted by atomic mass is 10.0. The van der Waals surface area contributed by atoms with Crippen molar-refractivity contribution in [2.24, 2.45) is 0 Å². The summed E-state index contributed by atoms with van der Waals surface area (Å²) in [5, 5.41) is 19.1. The molecule has 0 bridgehead atoms. The number of likely N-dealkylation sites (tertiary alicyclic amines) is 1. The van der Waals surface area contributed by atoms with Crippen molar-refractivity contribution in [2.45, 2.75) is 37.4 Å². The summed E-state index contributed by atoms with van der Waals surface area (Å²) in [6.45, 7) is 2.94. The van der Waals surface area contributed by atoms with Crippen molar-refractivity contribution in [1.82, 2.24) is 19.7 Å². The number of methoxy groups -OCH3 is 1. The predicted molar refractivity (Wildman–Crippen MR) is 121 cm³/mol. The Morgan fingerprint density at radius 3 is 2.74 bits per heavy atom. The number of rotatable bonds is 6. The number of carbonyl (C=O) groups excluding carboxylic acids is 1. The minimum atomic E-state index is 0.128. The molecule has 7 nitrogen and oxygen atoms in total. The fourth-order valence-electron chi connectivity index (χ4n) is 3.82. The van der Waals surface area contributed by atoms with Gasteiger partial charge in [-0.1, -0.05) is 17.8 Å². The summed E-state index contributed by atoms with van der Waals surface area (Å²) in [4.78, 5) is 14.8. The second kappa shape index (κ2) is 9.43. The lowest BCUT2D eigenvalue weighted by molar-refractivity contribution is -0.131. The van der Waals surface area contributed by atoms with E-state index in [9.17, 15) is 9.90 Å². The summed E-state index contributed by atoms with van der Waals surface area (Å²) in [6, 6.07) is 14.8. The Balaban J connectivity index is 1.65. The molecule has 1 saturated heterocycles. The molecule has 1 amide bonds. The summed E-state index contributed by atoms with van der Waals surface area (Å²) in [5.41, 5.74) is 1.66. The first kappa shape index (κ1) is 21.2. The first-order valence-electron chi connectivity index (χ1n) is 10.4. The number of hydrogen-bond acceptors (Lipinski definition) is 6. The van der Waals surface area contributed by atoms with E-state index in [0.29, 0.717) is 16.7 Å². The lowest BCUT2D eigenvalue weighted by Crippen LogP contribution is -2.42. The van der Waals surface area contributed by atoms with Gasteiger partial charge in [0.1, 0.15) is 11.5 Å². The average molecular weight is 439 g/mol. The molecule has 1 N–H and O–H groups in total. The van der Waals surface area contributed by atoms with Crippen molar-refractivity contribution in [1.29, 1.82) is 0 Å². The zero-order valence-electron chi connectivity index (χ0n) is 17.7. The summed E-state index contributed by atoms with van der Waals surface area (Å²) in [5.74, 6) is 1.98. The number of aromatic nitrogens is 3. The van der Waals surface area contributed by atoms with Gasteiger partial charge in [-0.05, 0) is 62.6 Å². The zero-order chi connectivity index (χ0) is 21.8. The third-order valence-corrected chi connectivity index (χ3v) is 6.43. The van der Waals surface area contributed by atoms with Crippen LogP contribution in [0.5, 0.6) is 11.5 Å². The van der Waals surface area contributed by atoms with E-state index in [1.807, 2.05) is 33.7 Å². The molecule has 2 heterocycles. The maximum absolute atomic E-state index is 12.8. The number of piperidine rings is 1. The van der Waals surface area contributed by atoms with Crippen molar-refractivity contribution in [3.8, 4) is 28.6 Å². The molecule has 31 heavy (non-hydrogen) atoms. The molecule has 8 heteroatoms. The number of phenols is 1. The number of carbonyl (C=O) groups is 1. The predicted octanol–water partition coefficient (Wildman–Crippen LogP) is 4.14. The van der Waals surface area contributed by atoms with Crippen LogP contribution >= 0.6 is 11.8 Å². The van der Waals surface area contributed by atoms with Gasteiger partial charge in [0.05, 0.1) is 18.6 Å². The second-order valence-electron chi connectivity index (χ2n) is 7.61. The highest BCUT2D eigenvalue weighted by Gasteiger charge is 2.24. The molecule has 1 aliphatic rings. The minimum Gasteiger partial charge on any atom is -0.508 e. The van der Waals surface area contributed by atoms with Gasteiger partial charge in [0.15, 0.2) is 11.0 Å². The Labute approximate surface area is 186 Å². The fraction of sp³-hybridized carbons (Fsp3) is 0.348. The number of benzene rings is 2. The van der Waals surface area contributed by atoms with Gasteiger partial charge >= 0.3 is 0 Å². The maximum Gasteiger partial charge on any atom is 0.233 e. The van der Waals surface area contributed by atoms with Gasteiger partial charge in [-0.2, -0.15) is 0 Å². The molecule has 0 spiro atoms. The van der Waals surface area contributed by atoms with Crippen molar-refractivity contribution in [3.63, 3.8) is 0 Å². The minimum absolute atomic E-state index is 0.128. The molecule has 0 radical (unpaired) electrons. The van der Waals surface area contributed by atoms with E-state index in [1.165, 1.54) is 18.2 Å². The number of hydrogen-bond donors (Lipinski definition) is 1. The van der Waals surface area contributed by atoms with Crippen LogP contribution in [0.15, 0.2) is 53.7 Å². The first-order chi connectivity index (χ1) is 15.1. The quantitative estimate of drug-likeness (QED) is 0.583. The molecule has 1 aliphatic heterocycles. The van der Waals surface area contributed by atoms with Crippen LogP contribution < -0.4 is 4.74 Å². The molecule has 1 aromatic heterocycles. The fourth-order valence-corrected chi connectivity index (χ4v) is 4.66. The number of aromatic hydroxyl groups is 1. The summed E-state index contributed by atoms with van der Waals surface area (Å²) in [7, 11) is 1.63. The van der Waals surface area contributed by atoms with Gasteiger partial charge in [-0.15, -0.1) is 10.2 Å². The molecule has 1 unspecified atom stereocenters. The molecule has 1 fully saturated rings. The maximum atomic E-state index is 12.8. The average Bonchev–Trinajstić information content (AvgIpc) is 3.22. The number of phenolic OH excluding ortho intramolecular Hbond substituents is 1. The molecule has 1 atom stereocenters. The Morgan fingerprint density at radius 2 is 2.00 bits per heavy atom. The van der Waals surface area contributed by atoms with E-state index in [0.717, 1.165) is 36.4 Å². The number of ether oxygens (including phenoxy) is 1. The third-order valence-electron chi connectivity index (χ3n) is 5.52. The third kappa shape index (κ3) is 4.69. The largest absolute Gasteiger partial charge is 0.508 e. The van der Waals surface area contributed by atoms with E-state index >= 15 is 0 Å². The van der Waals surface area contributed by atoms with Crippen LogP contribution in [0.25, 0.3) is 17.1 Å². The Bertz CT molecular complexity index is 1050. The smallest absolute Gasteiger partial charge is 0.233 e. The molecular formula is C23H26N4O3S. The van der Waals surface area contributed by atoms with Crippen LogP contribution in [-0.2, 0) is 4.79 Å². The second-order valence-corrected chi connectivity index (χ2v) is 8.55. The van der Waals surface area contributed by atoms with Gasteiger partial charge in [-0.3, -0.25) is 9.36 Å². The molecular weight excluding hydrogens is 412 g/mol. The van der Waals surface area contributed by atoms with Gasteiger partial charge in [-0.25, -0.2) is 0 Å². The van der Waals surface area contributed by atoms with Gasteiger partial charge in [0, 0.05) is 24.2 Å². The van der Waals surface area contributed by atoms with Gasteiger partial charge in [0.2, 0.25) is 5.91 Å². The Kier molecular flexibility index (Phi) is 6.46. The highest BCUT2D eigenvalue weighted by molar-refractivity contribution is 7.99. The molecule has 3 aromatic rings. The Morgan fingerprint density at radius 1 is 1.19 bits per heavy atom. The highest BCUT2D eigenvalue weighted by Crippen LogP contribution is 2.30. The topological polar surface area (TPSA) is 80.5 Å². The van der Waals surface area contributed by atoms with E-state index in [1.54, 1.807) is 31.4 Å². The Hall–Kier alpha value is -3.00. The monoisotopic (exact) mass is 438 g/mol.